The largest absolute Gasteiger partial charge is 0.361 e. The normalized spacial score (nSPS) is 15.1. The monoisotopic (exact) mass is 427 g/mol. The van der Waals surface area contributed by atoms with E-state index in [4.69, 9.17) is 11.6 Å². The first kappa shape index (κ1) is 20.9. The number of aromatic nitrogens is 1. The van der Waals surface area contributed by atoms with Crippen molar-refractivity contribution in [1.82, 2.24) is 15.2 Å². The van der Waals surface area contributed by atoms with Crippen molar-refractivity contribution in [2.75, 3.05) is 26.2 Å². The van der Waals surface area contributed by atoms with Crippen molar-refractivity contribution >= 4 is 28.4 Å². The van der Waals surface area contributed by atoms with Crippen LogP contribution in [0, 0.1) is 11.7 Å². The Morgan fingerprint density at radius 1 is 1.17 bits per heavy atom. The molecule has 6 heteroatoms. The Morgan fingerprint density at radius 2 is 1.93 bits per heavy atom. The van der Waals surface area contributed by atoms with Gasteiger partial charge >= 0.3 is 0 Å². The standard InChI is InChI=1S/C24H27ClFN3O/c25-20-5-3-18(4-6-20)24(30)29-12-9-17(10-13-29)15-27-11-1-2-19-16-28-23-8-7-21(26)14-22(19)23/h3-8,14,16-17,27-28H,1-2,9-13,15H2. The number of benzene rings is 2. The van der Waals surface area contributed by atoms with Gasteiger partial charge in [0.1, 0.15) is 5.82 Å². The van der Waals surface area contributed by atoms with E-state index in [0.29, 0.717) is 16.5 Å². The molecule has 2 aromatic carbocycles. The van der Waals surface area contributed by atoms with E-state index in [1.54, 1.807) is 36.4 Å². The Hall–Kier alpha value is -2.37. The lowest BCUT2D eigenvalue weighted by atomic mass is 9.96. The summed E-state index contributed by atoms with van der Waals surface area (Å²) < 4.78 is 13.5. The number of fused-ring (bicyclic) bond motifs is 1. The van der Waals surface area contributed by atoms with E-state index >= 15 is 0 Å². The lowest BCUT2D eigenvalue weighted by Gasteiger charge is -2.32. The van der Waals surface area contributed by atoms with Gasteiger partial charge in [0, 0.05) is 40.8 Å². The summed E-state index contributed by atoms with van der Waals surface area (Å²) in [6.07, 6.45) is 5.96. The summed E-state index contributed by atoms with van der Waals surface area (Å²) >= 11 is 5.90. The van der Waals surface area contributed by atoms with Gasteiger partial charge in [0.05, 0.1) is 0 Å². The fourth-order valence-electron chi connectivity index (χ4n) is 4.18. The molecule has 1 fully saturated rings. The van der Waals surface area contributed by atoms with Crippen LogP contribution in [0.3, 0.4) is 0 Å². The number of H-pyrrole nitrogens is 1. The summed E-state index contributed by atoms with van der Waals surface area (Å²) in [5, 5.41) is 5.18. The van der Waals surface area contributed by atoms with Gasteiger partial charge in [0.15, 0.2) is 0 Å². The molecule has 4 rings (SSSR count). The molecule has 3 aromatic rings. The SMILES string of the molecule is O=C(c1ccc(Cl)cc1)N1CCC(CNCCCc2c[nH]c3ccc(F)cc23)CC1. The molecule has 2 heterocycles. The third-order valence-electron chi connectivity index (χ3n) is 5.96. The fourth-order valence-corrected chi connectivity index (χ4v) is 4.31. The predicted octanol–water partition coefficient (Wildman–Crippen LogP) is 5.04. The second-order valence-corrected chi connectivity index (χ2v) is 8.49. The highest BCUT2D eigenvalue weighted by Gasteiger charge is 2.23. The maximum Gasteiger partial charge on any atom is 0.253 e. The minimum atomic E-state index is -0.192. The zero-order valence-electron chi connectivity index (χ0n) is 17.0. The lowest BCUT2D eigenvalue weighted by molar-refractivity contribution is 0.0690. The Bertz CT molecular complexity index is 993. The second-order valence-electron chi connectivity index (χ2n) is 8.05. The average Bonchev–Trinajstić information content (AvgIpc) is 3.16. The third-order valence-corrected chi connectivity index (χ3v) is 6.21. The van der Waals surface area contributed by atoms with Crippen LogP contribution in [0.5, 0.6) is 0 Å². The number of amides is 1. The summed E-state index contributed by atoms with van der Waals surface area (Å²) in [6, 6.07) is 12.0. The van der Waals surface area contributed by atoms with Crippen LogP contribution in [0.4, 0.5) is 4.39 Å². The fraction of sp³-hybridized carbons (Fsp3) is 0.375. The second kappa shape index (κ2) is 9.63. The summed E-state index contributed by atoms with van der Waals surface area (Å²) in [6.45, 7) is 3.51. The van der Waals surface area contributed by atoms with E-state index in [9.17, 15) is 9.18 Å². The van der Waals surface area contributed by atoms with Crippen LogP contribution >= 0.6 is 11.6 Å². The van der Waals surface area contributed by atoms with E-state index in [0.717, 1.165) is 62.8 Å². The van der Waals surface area contributed by atoms with Crippen LogP contribution in [0.1, 0.15) is 35.2 Å². The zero-order chi connectivity index (χ0) is 20.9. The molecule has 1 saturated heterocycles. The maximum atomic E-state index is 13.5. The molecule has 0 spiro atoms. The topological polar surface area (TPSA) is 48.1 Å². The lowest BCUT2D eigenvalue weighted by Crippen LogP contribution is -2.40. The summed E-state index contributed by atoms with van der Waals surface area (Å²) in [5.74, 6) is 0.497. The zero-order valence-corrected chi connectivity index (χ0v) is 17.7. The summed E-state index contributed by atoms with van der Waals surface area (Å²) in [5.41, 5.74) is 2.85. The number of carbonyl (C=O) groups is 1. The van der Waals surface area contributed by atoms with Gasteiger partial charge in [0.2, 0.25) is 0 Å². The molecule has 0 unspecified atom stereocenters. The number of aryl methyl sites for hydroxylation is 1. The molecule has 1 aliphatic rings. The van der Waals surface area contributed by atoms with Crippen molar-refractivity contribution in [3.63, 3.8) is 0 Å². The molecule has 1 amide bonds. The molecule has 1 aliphatic heterocycles. The van der Waals surface area contributed by atoms with Crippen molar-refractivity contribution in [3.05, 3.63) is 70.6 Å². The highest BCUT2D eigenvalue weighted by molar-refractivity contribution is 6.30. The first-order chi connectivity index (χ1) is 14.6. The minimum absolute atomic E-state index is 0.0910. The van der Waals surface area contributed by atoms with Gasteiger partial charge in [-0.2, -0.15) is 0 Å². The Morgan fingerprint density at radius 3 is 2.70 bits per heavy atom. The molecule has 0 atom stereocenters. The van der Waals surface area contributed by atoms with Crippen LogP contribution < -0.4 is 5.32 Å². The van der Waals surface area contributed by atoms with Gasteiger partial charge in [-0.3, -0.25) is 4.79 Å². The smallest absolute Gasteiger partial charge is 0.253 e. The number of halogens is 2. The van der Waals surface area contributed by atoms with Gasteiger partial charge in [-0.15, -0.1) is 0 Å². The van der Waals surface area contributed by atoms with E-state index in [1.807, 2.05) is 11.1 Å². The summed E-state index contributed by atoms with van der Waals surface area (Å²) in [4.78, 5) is 17.7. The van der Waals surface area contributed by atoms with Crippen LogP contribution in [0.25, 0.3) is 10.9 Å². The van der Waals surface area contributed by atoms with Gasteiger partial charge in [-0.25, -0.2) is 4.39 Å². The van der Waals surface area contributed by atoms with E-state index < -0.39 is 0 Å². The Labute approximate surface area is 181 Å². The molecule has 158 valence electrons. The molecule has 0 saturated carbocycles. The van der Waals surface area contributed by atoms with Crippen LogP contribution in [-0.2, 0) is 6.42 Å². The quantitative estimate of drug-likeness (QED) is 0.519. The van der Waals surface area contributed by atoms with E-state index in [2.05, 4.69) is 10.3 Å². The van der Waals surface area contributed by atoms with Crippen LogP contribution in [0.15, 0.2) is 48.7 Å². The van der Waals surface area contributed by atoms with Crippen molar-refractivity contribution in [3.8, 4) is 0 Å². The van der Waals surface area contributed by atoms with Crippen molar-refractivity contribution in [2.45, 2.75) is 25.7 Å². The van der Waals surface area contributed by atoms with Crippen LogP contribution in [0.2, 0.25) is 5.02 Å². The molecular formula is C24H27ClFN3O. The van der Waals surface area contributed by atoms with E-state index in [1.165, 1.54) is 11.6 Å². The molecule has 30 heavy (non-hydrogen) atoms. The van der Waals surface area contributed by atoms with Crippen LogP contribution in [-0.4, -0.2) is 42.0 Å². The number of hydrogen-bond acceptors (Lipinski definition) is 2. The summed E-state index contributed by atoms with van der Waals surface area (Å²) in [7, 11) is 0. The van der Waals surface area contributed by atoms with Gasteiger partial charge in [0.25, 0.3) is 5.91 Å². The number of hydrogen-bond donors (Lipinski definition) is 2. The minimum Gasteiger partial charge on any atom is -0.361 e. The Kier molecular flexibility index (Phi) is 6.70. The van der Waals surface area contributed by atoms with Gasteiger partial charge in [-0.1, -0.05) is 11.6 Å². The molecule has 1 aromatic heterocycles. The molecule has 4 nitrogen and oxygen atoms in total. The van der Waals surface area contributed by atoms with Gasteiger partial charge < -0.3 is 15.2 Å². The average molecular weight is 428 g/mol. The predicted molar refractivity (Wildman–Crippen MR) is 120 cm³/mol. The van der Waals surface area contributed by atoms with Gasteiger partial charge in [-0.05, 0) is 92.7 Å². The third kappa shape index (κ3) is 5.02. The molecule has 0 aliphatic carbocycles. The number of likely N-dealkylation sites (tertiary alicyclic amines) is 1. The number of piperidine rings is 1. The number of aromatic amines is 1. The maximum absolute atomic E-state index is 13.5. The number of rotatable bonds is 7. The molecule has 0 bridgehead atoms. The van der Waals surface area contributed by atoms with Crippen molar-refractivity contribution in [2.24, 2.45) is 5.92 Å². The van der Waals surface area contributed by atoms with E-state index in [-0.39, 0.29) is 11.7 Å². The van der Waals surface area contributed by atoms with Crippen molar-refractivity contribution in [1.29, 1.82) is 0 Å². The number of nitrogens with one attached hydrogen (secondary N) is 2. The Balaban J connectivity index is 1.16. The molecule has 2 N–H and O–H groups in total. The first-order valence-corrected chi connectivity index (χ1v) is 11.0. The number of carbonyl (C=O) groups excluding carboxylic acids is 1. The number of nitrogens with zero attached hydrogens (tertiary/aromatic N) is 1. The molecular weight excluding hydrogens is 401 g/mol. The highest BCUT2D eigenvalue weighted by Crippen LogP contribution is 2.21. The molecule has 0 radical (unpaired) electrons. The first-order valence-electron chi connectivity index (χ1n) is 10.6. The highest BCUT2D eigenvalue weighted by atomic mass is 35.5. The van der Waals surface area contributed by atoms with Crippen molar-refractivity contribution < 1.29 is 9.18 Å².